The minimum absolute atomic E-state index is 0.131. The van der Waals surface area contributed by atoms with Gasteiger partial charge in [-0.1, -0.05) is 0 Å². The zero-order valence-electron chi connectivity index (χ0n) is 11.3. The summed E-state index contributed by atoms with van der Waals surface area (Å²) in [6.45, 7) is 7.17. The van der Waals surface area contributed by atoms with Gasteiger partial charge in [0.15, 0.2) is 5.78 Å². The maximum Gasteiger partial charge on any atom is 0.163 e. The molecule has 0 N–H and O–H groups in total. The summed E-state index contributed by atoms with van der Waals surface area (Å²) in [5, 5.41) is 0. The lowest BCUT2D eigenvalue weighted by molar-refractivity contribution is -0.0163. The molecule has 0 saturated carbocycles. The summed E-state index contributed by atoms with van der Waals surface area (Å²) in [4.78, 5) is 11.5. The second-order valence-corrected chi connectivity index (χ2v) is 5.55. The third-order valence-electron chi connectivity index (χ3n) is 2.89. The second-order valence-electron chi connectivity index (χ2n) is 5.55. The minimum Gasteiger partial charge on any atom is -0.491 e. The molecule has 0 saturated heterocycles. The van der Waals surface area contributed by atoms with Crippen molar-refractivity contribution in [2.24, 2.45) is 0 Å². The van der Waals surface area contributed by atoms with Crippen LogP contribution in [-0.2, 0) is 11.2 Å². The van der Waals surface area contributed by atoms with Crippen LogP contribution in [0.2, 0.25) is 0 Å². The minimum atomic E-state index is -0.131. The lowest BCUT2D eigenvalue weighted by Crippen LogP contribution is -2.22. The molecule has 2 rings (SSSR count). The van der Waals surface area contributed by atoms with Crippen LogP contribution < -0.4 is 4.74 Å². The zero-order valence-corrected chi connectivity index (χ0v) is 11.3. The molecule has 1 aromatic rings. The van der Waals surface area contributed by atoms with E-state index in [-0.39, 0.29) is 11.4 Å². The Hall–Kier alpha value is -1.35. The Morgan fingerprint density at radius 2 is 1.94 bits per heavy atom. The molecule has 0 radical (unpaired) electrons. The van der Waals surface area contributed by atoms with Gasteiger partial charge in [-0.3, -0.25) is 4.79 Å². The number of ketones is 1. The average molecular weight is 248 g/mol. The van der Waals surface area contributed by atoms with Crippen LogP contribution in [-0.4, -0.2) is 24.6 Å². The van der Waals surface area contributed by atoms with E-state index in [1.54, 1.807) is 0 Å². The molecule has 0 aliphatic heterocycles. The molecule has 0 atom stereocenters. The van der Waals surface area contributed by atoms with Gasteiger partial charge in [-0.2, -0.15) is 0 Å². The van der Waals surface area contributed by atoms with Crippen LogP contribution in [0.25, 0.3) is 0 Å². The monoisotopic (exact) mass is 248 g/mol. The number of aryl methyl sites for hydroxylation is 1. The number of Topliss-reactive ketones (excluding diaryl/α,β-unsaturated/α-hetero) is 1. The molecule has 0 heterocycles. The summed E-state index contributed by atoms with van der Waals surface area (Å²) in [6.07, 6.45) is 1.47. The van der Waals surface area contributed by atoms with E-state index in [0.717, 1.165) is 23.3 Å². The van der Waals surface area contributed by atoms with Crippen molar-refractivity contribution in [2.45, 2.75) is 39.2 Å². The normalized spacial score (nSPS) is 14.7. The number of hydrogen-bond acceptors (Lipinski definition) is 3. The fraction of sp³-hybridized carbons (Fsp3) is 0.533. The Labute approximate surface area is 108 Å². The summed E-state index contributed by atoms with van der Waals surface area (Å²) in [5.74, 6) is 1.06. The molecule has 0 spiro atoms. The van der Waals surface area contributed by atoms with Gasteiger partial charge in [0.2, 0.25) is 0 Å². The van der Waals surface area contributed by atoms with Gasteiger partial charge in [0, 0.05) is 12.0 Å². The smallest absolute Gasteiger partial charge is 0.163 e. The first-order chi connectivity index (χ1) is 8.46. The highest BCUT2D eigenvalue weighted by molar-refractivity contribution is 6.00. The van der Waals surface area contributed by atoms with Crippen molar-refractivity contribution in [3.05, 3.63) is 29.3 Å². The van der Waals surface area contributed by atoms with Crippen LogP contribution in [0.3, 0.4) is 0 Å². The quantitative estimate of drug-likeness (QED) is 0.768. The van der Waals surface area contributed by atoms with Crippen molar-refractivity contribution < 1.29 is 14.3 Å². The van der Waals surface area contributed by atoms with Gasteiger partial charge in [-0.05, 0) is 51.0 Å². The third kappa shape index (κ3) is 3.33. The number of carbonyl (C=O) groups is 1. The number of ether oxygens (including phenoxy) is 2. The molecule has 0 bridgehead atoms. The fourth-order valence-corrected chi connectivity index (χ4v) is 2.03. The van der Waals surface area contributed by atoms with Gasteiger partial charge < -0.3 is 9.47 Å². The average Bonchev–Trinajstić information content (AvgIpc) is 2.65. The van der Waals surface area contributed by atoms with E-state index >= 15 is 0 Å². The van der Waals surface area contributed by atoms with Crippen molar-refractivity contribution in [1.29, 1.82) is 0 Å². The summed E-state index contributed by atoms with van der Waals surface area (Å²) in [6, 6.07) is 5.70. The number of hydrogen-bond donors (Lipinski definition) is 0. The van der Waals surface area contributed by atoms with Crippen molar-refractivity contribution >= 4 is 5.78 Å². The van der Waals surface area contributed by atoms with Crippen molar-refractivity contribution in [2.75, 3.05) is 13.2 Å². The first-order valence-electron chi connectivity index (χ1n) is 6.38. The Balaban J connectivity index is 1.86. The van der Waals surface area contributed by atoms with Gasteiger partial charge in [0.1, 0.15) is 12.4 Å². The number of rotatable bonds is 4. The van der Waals surface area contributed by atoms with Crippen molar-refractivity contribution in [3.8, 4) is 5.75 Å². The van der Waals surface area contributed by atoms with Crippen LogP contribution >= 0.6 is 0 Å². The molecular weight excluding hydrogens is 228 g/mol. The van der Waals surface area contributed by atoms with E-state index in [9.17, 15) is 4.79 Å². The molecule has 0 aromatic heterocycles. The maximum absolute atomic E-state index is 11.5. The van der Waals surface area contributed by atoms with Gasteiger partial charge in [0.25, 0.3) is 0 Å². The van der Waals surface area contributed by atoms with E-state index in [4.69, 9.17) is 9.47 Å². The summed E-state index contributed by atoms with van der Waals surface area (Å²) >= 11 is 0. The van der Waals surface area contributed by atoms with Gasteiger partial charge >= 0.3 is 0 Å². The lowest BCUT2D eigenvalue weighted by atomic mass is 10.1. The summed E-state index contributed by atoms with van der Waals surface area (Å²) < 4.78 is 11.2. The first kappa shape index (κ1) is 13.1. The molecular formula is C15H20O3. The number of fused-ring (bicyclic) bond motifs is 1. The standard InChI is InChI=1S/C15H20O3/c1-15(2,3)18-9-8-17-12-5-6-13-11(10-12)4-7-14(13)16/h5-6,10H,4,7-9H2,1-3H3. The lowest BCUT2D eigenvalue weighted by Gasteiger charge is -2.19. The SMILES string of the molecule is CC(C)(C)OCCOc1ccc2c(c1)CCC2=O. The largest absolute Gasteiger partial charge is 0.491 e. The highest BCUT2D eigenvalue weighted by Crippen LogP contribution is 2.26. The maximum atomic E-state index is 11.5. The van der Waals surface area contributed by atoms with Crippen molar-refractivity contribution in [1.82, 2.24) is 0 Å². The molecule has 0 fully saturated rings. The van der Waals surface area contributed by atoms with E-state index in [2.05, 4.69) is 0 Å². The predicted octanol–water partition coefficient (Wildman–Crippen LogP) is 3.01. The topological polar surface area (TPSA) is 35.5 Å². The number of carbonyl (C=O) groups excluding carboxylic acids is 1. The Kier molecular flexibility index (Phi) is 3.71. The highest BCUT2D eigenvalue weighted by Gasteiger charge is 2.19. The van der Waals surface area contributed by atoms with Crippen LogP contribution in [0.4, 0.5) is 0 Å². The van der Waals surface area contributed by atoms with Crippen molar-refractivity contribution in [3.63, 3.8) is 0 Å². The summed E-state index contributed by atoms with van der Waals surface area (Å²) in [5.41, 5.74) is 1.83. The van der Waals surface area contributed by atoms with Crippen LogP contribution in [0.1, 0.15) is 43.1 Å². The van der Waals surface area contributed by atoms with Gasteiger partial charge in [0.05, 0.1) is 12.2 Å². The second kappa shape index (κ2) is 5.11. The van der Waals surface area contributed by atoms with Crippen LogP contribution in [0.5, 0.6) is 5.75 Å². The molecule has 98 valence electrons. The predicted molar refractivity (Wildman–Crippen MR) is 70.3 cm³/mol. The zero-order chi connectivity index (χ0) is 13.2. The molecule has 1 aliphatic rings. The number of benzene rings is 1. The van der Waals surface area contributed by atoms with Crippen LogP contribution in [0.15, 0.2) is 18.2 Å². The molecule has 0 unspecified atom stereocenters. The van der Waals surface area contributed by atoms with Gasteiger partial charge in [-0.25, -0.2) is 0 Å². The first-order valence-corrected chi connectivity index (χ1v) is 6.38. The molecule has 3 nitrogen and oxygen atoms in total. The Bertz CT molecular complexity index is 444. The fourth-order valence-electron chi connectivity index (χ4n) is 2.03. The molecule has 3 heteroatoms. The van der Waals surface area contributed by atoms with E-state index in [1.165, 1.54) is 0 Å². The van der Waals surface area contributed by atoms with Gasteiger partial charge in [-0.15, -0.1) is 0 Å². The molecule has 0 amide bonds. The van der Waals surface area contributed by atoms with Crippen LogP contribution in [0, 0.1) is 0 Å². The van der Waals surface area contributed by atoms with E-state index in [0.29, 0.717) is 19.6 Å². The molecule has 18 heavy (non-hydrogen) atoms. The third-order valence-corrected chi connectivity index (χ3v) is 2.89. The highest BCUT2D eigenvalue weighted by atomic mass is 16.5. The van der Waals surface area contributed by atoms with E-state index in [1.807, 2.05) is 39.0 Å². The summed E-state index contributed by atoms with van der Waals surface area (Å²) in [7, 11) is 0. The Morgan fingerprint density at radius 1 is 1.17 bits per heavy atom. The van der Waals surface area contributed by atoms with E-state index < -0.39 is 0 Å². The molecule has 1 aliphatic carbocycles. The Morgan fingerprint density at radius 3 is 2.67 bits per heavy atom. The molecule has 1 aromatic carbocycles.